The molecule has 0 aliphatic heterocycles. The van der Waals surface area contributed by atoms with Gasteiger partial charge in [-0.1, -0.05) is 6.07 Å². The lowest BCUT2D eigenvalue weighted by atomic mass is 9.95. The second kappa shape index (κ2) is 4.22. The Labute approximate surface area is 99.4 Å². The van der Waals surface area contributed by atoms with Gasteiger partial charge >= 0.3 is 0 Å². The van der Waals surface area contributed by atoms with Crippen LogP contribution in [0, 0.1) is 0 Å². The summed E-state index contributed by atoms with van der Waals surface area (Å²) in [5.41, 5.74) is 3.08. The van der Waals surface area contributed by atoms with Crippen molar-refractivity contribution in [3.63, 3.8) is 0 Å². The molecule has 2 aromatic rings. The minimum atomic E-state index is -0.540. The van der Waals surface area contributed by atoms with Crippen molar-refractivity contribution in [3.05, 3.63) is 53.6 Å². The summed E-state index contributed by atoms with van der Waals surface area (Å²) < 4.78 is 0. The molecule has 4 nitrogen and oxygen atoms in total. The lowest BCUT2D eigenvalue weighted by molar-refractivity contribution is 0.143. The van der Waals surface area contributed by atoms with E-state index in [1.54, 1.807) is 24.7 Å². The summed E-state index contributed by atoms with van der Waals surface area (Å²) in [6.07, 6.45) is 6.40. The highest BCUT2D eigenvalue weighted by Gasteiger charge is 2.30. The molecule has 0 fully saturated rings. The normalized spacial score (nSPS) is 19.9. The standard InChI is InChI=1S/C13H13N3O/c17-13(10-5-7-15-16-8-10)11-4-3-9-2-1-6-14-12(9)11/h1-2,5-8,11,13,17H,3-4H2. The van der Waals surface area contributed by atoms with Gasteiger partial charge in [0.05, 0.1) is 12.3 Å². The number of aromatic nitrogens is 3. The largest absolute Gasteiger partial charge is 0.388 e. The lowest BCUT2D eigenvalue weighted by Crippen LogP contribution is -2.09. The molecule has 1 N–H and O–H groups in total. The van der Waals surface area contributed by atoms with E-state index in [9.17, 15) is 5.11 Å². The van der Waals surface area contributed by atoms with Crippen molar-refractivity contribution in [1.29, 1.82) is 0 Å². The van der Waals surface area contributed by atoms with Crippen LogP contribution in [0.4, 0.5) is 0 Å². The SMILES string of the molecule is OC(c1ccnnc1)C1CCc2cccnc21. The van der Waals surface area contributed by atoms with Crippen LogP contribution in [0.15, 0.2) is 36.8 Å². The number of hydrogen-bond acceptors (Lipinski definition) is 4. The van der Waals surface area contributed by atoms with E-state index in [0.29, 0.717) is 0 Å². The highest BCUT2D eigenvalue weighted by Crippen LogP contribution is 2.39. The quantitative estimate of drug-likeness (QED) is 0.847. The Morgan fingerprint density at radius 2 is 2.18 bits per heavy atom. The van der Waals surface area contributed by atoms with E-state index in [1.807, 2.05) is 6.07 Å². The second-order valence-corrected chi connectivity index (χ2v) is 4.31. The minimum absolute atomic E-state index is 0.0791. The van der Waals surface area contributed by atoms with Gasteiger partial charge in [-0.2, -0.15) is 10.2 Å². The lowest BCUT2D eigenvalue weighted by Gasteiger charge is -2.17. The summed E-state index contributed by atoms with van der Waals surface area (Å²) >= 11 is 0. The minimum Gasteiger partial charge on any atom is -0.388 e. The van der Waals surface area contributed by atoms with E-state index < -0.39 is 6.10 Å². The molecular formula is C13H13N3O. The van der Waals surface area contributed by atoms with Crippen molar-refractivity contribution in [3.8, 4) is 0 Å². The number of nitrogens with zero attached hydrogens (tertiary/aromatic N) is 3. The van der Waals surface area contributed by atoms with E-state index in [4.69, 9.17) is 0 Å². The molecule has 17 heavy (non-hydrogen) atoms. The van der Waals surface area contributed by atoms with Gasteiger partial charge in [0.25, 0.3) is 0 Å². The first kappa shape index (κ1) is 10.4. The first-order valence-corrected chi connectivity index (χ1v) is 5.74. The molecule has 0 aromatic carbocycles. The van der Waals surface area contributed by atoms with Crippen LogP contribution in [0.3, 0.4) is 0 Å². The molecule has 1 aliphatic rings. The van der Waals surface area contributed by atoms with Crippen molar-refractivity contribution in [2.24, 2.45) is 0 Å². The summed E-state index contributed by atoms with van der Waals surface area (Å²) in [5, 5.41) is 17.9. The molecule has 0 amide bonds. The molecule has 0 bridgehead atoms. The predicted molar refractivity (Wildman–Crippen MR) is 62.3 cm³/mol. The third kappa shape index (κ3) is 1.80. The molecule has 4 heteroatoms. The fourth-order valence-electron chi connectivity index (χ4n) is 2.46. The maximum atomic E-state index is 10.4. The average molecular weight is 227 g/mol. The molecular weight excluding hydrogens is 214 g/mol. The molecule has 2 unspecified atom stereocenters. The van der Waals surface area contributed by atoms with Gasteiger partial charge in [-0.05, 0) is 30.5 Å². The number of rotatable bonds is 2. The maximum Gasteiger partial charge on any atom is 0.0889 e. The number of aliphatic hydroxyl groups is 1. The number of pyridine rings is 1. The smallest absolute Gasteiger partial charge is 0.0889 e. The van der Waals surface area contributed by atoms with E-state index in [1.165, 1.54) is 5.56 Å². The number of aryl methyl sites for hydroxylation is 1. The maximum absolute atomic E-state index is 10.4. The van der Waals surface area contributed by atoms with Gasteiger partial charge in [-0.25, -0.2) is 0 Å². The zero-order chi connectivity index (χ0) is 11.7. The van der Waals surface area contributed by atoms with Crippen molar-refractivity contribution in [1.82, 2.24) is 15.2 Å². The van der Waals surface area contributed by atoms with E-state index in [0.717, 1.165) is 24.1 Å². The van der Waals surface area contributed by atoms with Crippen LogP contribution in [0.25, 0.3) is 0 Å². The molecule has 86 valence electrons. The van der Waals surface area contributed by atoms with Gasteiger partial charge in [-0.3, -0.25) is 4.98 Å². The molecule has 3 rings (SSSR count). The Kier molecular flexibility index (Phi) is 2.57. The van der Waals surface area contributed by atoms with E-state index in [2.05, 4.69) is 21.2 Å². The molecule has 2 atom stereocenters. The Morgan fingerprint density at radius 3 is 3.00 bits per heavy atom. The molecule has 0 saturated carbocycles. The zero-order valence-corrected chi connectivity index (χ0v) is 9.32. The Balaban J connectivity index is 1.92. The topological polar surface area (TPSA) is 58.9 Å². The molecule has 1 aliphatic carbocycles. The van der Waals surface area contributed by atoms with Crippen LogP contribution in [0.5, 0.6) is 0 Å². The van der Waals surface area contributed by atoms with Crippen molar-refractivity contribution in [2.75, 3.05) is 0 Å². The number of fused-ring (bicyclic) bond motifs is 1. The van der Waals surface area contributed by atoms with Gasteiger partial charge in [0.15, 0.2) is 0 Å². The van der Waals surface area contributed by atoms with Crippen LogP contribution < -0.4 is 0 Å². The molecule has 0 saturated heterocycles. The second-order valence-electron chi connectivity index (χ2n) is 4.31. The highest BCUT2D eigenvalue weighted by molar-refractivity contribution is 5.31. The van der Waals surface area contributed by atoms with Crippen LogP contribution in [0.2, 0.25) is 0 Å². The summed E-state index contributed by atoms with van der Waals surface area (Å²) in [7, 11) is 0. The summed E-state index contributed by atoms with van der Waals surface area (Å²) in [6, 6.07) is 5.83. The molecule has 0 spiro atoms. The Bertz CT molecular complexity index is 515. The Morgan fingerprint density at radius 1 is 1.24 bits per heavy atom. The van der Waals surface area contributed by atoms with Crippen molar-refractivity contribution < 1.29 is 5.11 Å². The molecule has 0 radical (unpaired) electrons. The van der Waals surface area contributed by atoms with Crippen LogP contribution in [-0.4, -0.2) is 20.3 Å². The zero-order valence-electron chi connectivity index (χ0n) is 9.32. The third-order valence-electron chi connectivity index (χ3n) is 3.33. The number of aliphatic hydroxyl groups excluding tert-OH is 1. The summed E-state index contributed by atoms with van der Waals surface area (Å²) in [6.45, 7) is 0. The van der Waals surface area contributed by atoms with Gasteiger partial charge in [-0.15, -0.1) is 0 Å². The van der Waals surface area contributed by atoms with E-state index >= 15 is 0 Å². The predicted octanol–water partition coefficient (Wildman–Crippen LogP) is 1.64. The average Bonchev–Trinajstić information content (AvgIpc) is 2.83. The van der Waals surface area contributed by atoms with E-state index in [-0.39, 0.29) is 5.92 Å². The van der Waals surface area contributed by atoms with Gasteiger partial charge in [0.1, 0.15) is 0 Å². The third-order valence-corrected chi connectivity index (χ3v) is 3.33. The van der Waals surface area contributed by atoms with Crippen LogP contribution in [0.1, 0.15) is 35.3 Å². The molecule has 2 heterocycles. The van der Waals surface area contributed by atoms with Crippen LogP contribution >= 0.6 is 0 Å². The summed E-state index contributed by atoms with van der Waals surface area (Å²) in [5.74, 6) is 0.0791. The molecule has 2 aromatic heterocycles. The van der Waals surface area contributed by atoms with Gasteiger partial charge in [0.2, 0.25) is 0 Å². The fourth-order valence-corrected chi connectivity index (χ4v) is 2.46. The monoisotopic (exact) mass is 227 g/mol. The van der Waals surface area contributed by atoms with Crippen molar-refractivity contribution in [2.45, 2.75) is 24.9 Å². The fraction of sp³-hybridized carbons (Fsp3) is 0.308. The Hall–Kier alpha value is -1.81. The van der Waals surface area contributed by atoms with Gasteiger partial charge in [0, 0.05) is 29.6 Å². The summed E-state index contributed by atoms with van der Waals surface area (Å²) in [4.78, 5) is 4.39. The van der Waals surface area contributed by atoms with Crippen LogP contribution in [-0.2, 0) is 6.42 Å². The van der Waals surface area contributed by atoms with Gasteiger partial charge < -0.3 is 5.11 Å². The first-order chi connectivity index (χ1) is 8.36. The van der Waals surface area contributed by atoms with Crippen molar-refractivity contribution >= 4 is 0 Å². The first-order valence-electron chi connectivity index (χ1n) is 5.74. The highest BCUT2D eigenvalue weighted by atomic mass is 16.3. The number of hydrogen-bond donors (Lipinski definition) is 1.